The fraction of sp³-hybridized carbons (Fsp3) is 0.533. The van der Waals surface area contributed by atoms with E-state index in [1.54, 1.807) is 33.1 Å². The second-order valence-corrected chi connectivity index (χ2v) is 5.67. The van der Waals surface area contributed by atoms with Crippen LogP contribution >= 0.6 is 15.9 Å². The van der Waals surface area contributed by atoms with Gasteiger partial charge in [-0.3, -0.25) is 4.79 Å². The molecular weight excluding hydrogens is 338 g/mol. The topological polar surface area (TPSA) is 67.8 Å². The Labute approximate surface area is 133 Å². The van der Waals surface area contributed by atoms with Crippen LogP contribution < -0.4 is 10.1 Å². The lowest BCUT2D eigenvalue weighted by molar-refractivity contribution is -0.127. The van der Waals surface area contributed by atoms with E-state index in [9.17, 15) is 9.90 Å². The van der Waals surface area contributed by atoms with Crippen LogP contribution in [0.5, 0.6) is 5.75 Å². The number of rotatable bonds is 8. The number of aliphatic hydroxyl groups excluding tert-OH is 1. The van der Waals surface area contributed by atoms with Crippen molar-refractivity contribution in [1.29, 1.82) is 0 Å². The molecule has 0 aliphatic heterocycles. The minimum absolute atomic E-state index is 0.192. The minimum Gasteiger partial charge on any atom is -0.480 e. The Balaban J connectivity index is 2.63. The molecule has 1 unspecified atom stereocenters. The molecule has 0 aliphatic rings. The van der Waals surface area contributed by atoms with E-state index in [2.05, 4.69) is 21.2 Å². The first-order valence-electron chi connectivity index (χ1n) is 6.86. The fourth-order valence-corrected chi connectivity index (χ4v) is 2.11. The van der Waals surface area contributed by atoms with Crippen LogP contribution in [0.2, 0.25) is 0 Å². The lowest BCUT2D eigenvalue weighted by Crippen LogP contribution is -2.37. The van der Waals surface area contributed by atoms with Crippen molar-refractivity contribution in [3.05, 3.63) is 28.2 Å². The summed E-state index contributed by atoms with van der Waals surface area (Å²) in [4.78, 5) is 11.9. The van der Waals surface area contributed by atoms with Crippen molar-refractivity contribution in [2.45, 2.75) is 32.5 Å². The second kappa shape index (κ2) is 9.02. The first-order chi connectivity index (χ1) is 9.95. The zero-order valence-corrected chi connectivity index (χ0v) is 14.1. The largest absolute Gasteiger partial charge is 0.480 e. The summed E-state index contributed by atoms with van der Waals surface area (Å²) in [7, 11) is 1.62. The van der Waals surface area contributed by atoms with Crippen molar-refractivity contribution < 1.29 is 19.4 Å². The van der Waals surface area contributed by atoms with Gasteiger partial charge in [-0.05, 0) is 32.4 Å². The molecule has 0 fully saturated rings. The molecule has 1 rings (SSSR count). The first kappa shape index (κ1) is 17.9. The molecule has 2 atom stereocenters. The van der Waals surface area contributed by atoms with Crippen LogP contribution in [0.25, 0.3) is 0 Å². The standard InChI is InChI=1S/C15H22BrNO4/c1-10(18)13-6-5-12(16)9-14(13)21-11(2)15(19)17-7-4-8-20-3/h5-6,9-11,18H,4,7-8H2,1-3H3,(H,17,19)/t10-,11?/m1/s1. The molecule has 0 aromatic heterocycles. The molecular formula is C15H22BrNO4. The molecule has 0 heterocycles. The van der Waals surface area contributed by atoms with Gasteiger partial charge in [0.25, 0.3) is 5.91 Å². The molecule has 118 valence electrons. The Kier molecular flexibility index (Phi) is 7.71. The number of nitrogens with one attached hydrogen (secondary N) is 1. The number of carbonyl (C=O) groups is 1. The average Bonchev–Trinajstić information content (AvgIpc) is 2.43. The number of amides is 1. The van der Waals surface area contributed by atoms with Crippen molar-refractivity contribution in [2.75, 3.05) is 20.3 Å². The Bertz CT molecular complexity index is 465. The molecule has 0 aliphatic carbocycles. The van der Waals surface area contributed by atoms with Crippen LogP contribution in [0.1, 0.15) is 31.9 Å². The van der Waals surface area contributed by atoms with Gasteiger partial charge in [0.15, 0.2) is 6.10 Å². The summed E-state index contributed by atoms with van der Waals surface area (Å²) in [5, 5.41) is 12.5. The van der Waals surface area contributed by atoms with Gasteiger partial charge in [-0.1, -0.05) is 22.0 Å². The maximum Gasteiger partial charge on any atom is 0.260 e. The predicted molar refractivity (Wildman–Crippen MR) is 84.4 cm³/mol. The van der Waals surface area contributed by atoms with Crippen LogP contribution in [0.4, 0.5) is 0 Å². The third-order valence-electron chi connectivity index (χ3n) is 2.92. The Morgan fingerprint density at radius 3 is 2.76 bits per heavy atom. The molecule has 6 heteroatoms. The number of methoxy groups -OCH3 is 1. The van der Waals surface area contributed by atoms with Gasteiger partial charge < -0.3 is 19.9 Å². The van der Waals surface area contributed by atoms with Crippen molar-refractivity contribution >= 4 is 21.8 Å². The molecule has 0 radical (unpaired) electrons. The van der Waals surface area contributed by atoms with Crippen LogP contribution in [-0.2, 0) is 9.53 Å². The van der Waals surface area contributed by atoms with E-state index in [1.165, 1.54) is 0 Å². The van der Waals surface area contributed by atoms with Gasteiger partial charge in [0.2, 0.25) is 0 Å². The van der Waals surface area contributed by atoms with E-state index >= 15 is 0 Å². The normalized spacial score (nSPS) is 13.6. The van der Waals surface area contributed by atoms with Gasteiger partial charge in [-0.2, -0.15) is 0 Å². The van der Waals surface area contributed by atoms with Crippen LogP contribution in [0.3, 0.4) is 0 Å². The minimum atomic E-state index is -0.662. The molecule has 2 N–H and O–H groups in total. The molecule has 0 spiro atoms. The highest BCUT2D eigenvalue weighted by atomic mass is 79.9. The second-order valence-electron chi connectivity index (χ2n) is 4.76. The van der Waals surface area contributed by atoms with E-state index < -0.39 is 12.2 Å². The average molecular weight is 360 g/mol. The molecule has 1 aromatic rings. The Morgan fingerprint density at radius 2 is 2.14 bits per heavy atom. The Morgan fingerprint density at radius 1 is 1.43 bits per heavy atom. The van der Waals surface area contributed by atoms with Gasteiger partial charge in [0.1, 0.15) is 5.75 Å². The van der Waals surface area contributed by atoms with Crippen LogP contribution in [0.15, 0.2) is 22.7 Å². The van der Waals surface area contributed by atoms with E-state index in [4.69, 9.17) is 9.47 Å². The molecule has 0 saturated carbocycles. The number of hydrogen-bond donors (Lipinski definition) is 2. The SMILES string of the molecule is COCCCNC(=O)C(C)Oc1cc(Br)ccc1[C@@H](C)O. The van der Waals surface area contributed by atoms with Gasteiger partial charge >= 0.3 is 0 Å². The molecule has 0 saturated heterocycles. The molecule has 1 amide bonds. The summed E-state index contributed by atoms with van der Waals surface area (Å²) in [5.41, 5.74) is 0.650. The Hall–Kier alpha value is -1.11. The number of benzene rings is 1. The number of hydrogen-bond acceptors (Lipinski definition) is 4. The van der Waals surface area contributed by atoms with Crippen LogP contribution in [-0.4, -0.2) is 37.4 Å². The zero-order valence-electron chi connectivity index (χ0n) is 12.6. The lowest BCUT2D eigenvalue weighted by Gasteiger charge is -2.18. The number of ether oxygens (including phenoxy) is 2. The molecule has 0 bridgehead atoms. The maximum atomic E-state index is 11.9. The van der Waals surface area contributed by atoms with E-state index in [-0.39, 0.29) is 5.91 Å². The highest BCUT2D eigenvalue weighted by molar-refractivity contribution is 9.10. The van der Waals surface area contributed by atoms with Crippen molar-refractivity contribution in [2.24, 2.45) is 0 Å². The summed E-state index contributed by atoms with van der Waals surface area (Å²) in [6.45, 7) is 4.49. The number of carbonyl (C=O) groups excluding carboxylic acids is 1. The highest BCUT2D eigenvalue weighted by Gasteiger charge is 2.17. The van der Waals surface area contributed by atoms with Gasteiger partial charge in [-0.25, -0.2) is 0 Å². The van der Waals surface area contributed by atoms with E-state index in [1.807, 2.05) is 6.07 Å². The molecule has 21 heavy (non-hydrogen) atoms. The highest BCUT2D eigenvalue weighted by Crippen LogP contribution is 2.29. The molecule has 5 nitrogen and oxygen atoms in total. The van der Waals surface area contributed by atoms with Crippen molar-refractivity contribution in [3.63, 3.8) is 0 Å². The smallest absolute Gasteiger partial charge is 0.260 e. The van der Waals surface area contributed by atoms with E-state index in [0.29, 0.717) is 24.5 Å². The number of halogens is 1. The van der Waals surface area contributed by atoms with E-state index in [0.717, 1.165) is 10.9 Å². The summed E-state index contributed by atoms with van der Waals surface area (Å²) in [5.74, 6) is 0.307. The number of aliphatic hydroxyl groups is 1. The van der Waals surface area contributed by atoms with Gasteiger partial charge in [-0.15, -0.1) is 0 Å². The maximum absolute atomic E-state index is 11.9. The summed E-state index contributed by atoms with van der Waals surface area (Å²) < 4.78 is 11.4. The molecule has 1 aromatic carbocycles. The first-order valence-corrected chi connectivity index (χ1v) is 7.65. The van der Waals surface area contributed by atoms with Crippen molar-refractivity contribution in [1.82, 2.24) is 5.32 Å². The summed E-state index contributed by atoms with van der Waals surface area (Å²) >= 11 is 3.36. The predicted octanol–water partition coefficient (Wildman–Crippen LogP) is 2.42. The third kappa shape index (κ3) is 6.03. The van der Waals surface area contributed by atoms with Gasteiger partial charge in [0.05, 0.1) is 6.10 Å². The summed E-state index contributed by atoms with van der Waals surface area (Å²) in [6.07, 6.45) is -0.547. The zero-order chi connectivity index (χ0) is 15.8. The van der Waals surface area contributed by atoms with Gasteiger partial charge in [0, 0.05) is 30.3 Å². The fourth-order valence-electron chi connectivity index (χ4n) is 1.77. The third-order valence-corrected chi connectivity index (χ3v) is 3.42. The van der Waals surface area contributed by atoms with Crippen molar-refractivity contribution in [3.8, 4) is 5.75 Å². The monoisotopic (exact) mass is 359 g/mol. The summed E-state index contributed by atoms with van der Waals surface area (Å²) in [6, 6.07) is 5.34. The lowest BCUT2D eigenvalue weighted by atomic mass is 10.1. The van der Waals surface area contributed by atoms with Crippen LogP contribution in [0, 0.1) is 0 Å². The quantitative estimate of drug-likeness (QED) is 0.699.